The van der Waals surface area contributed by atoms with Crippen molar-refractivity contribution in [3.8, 4) is 0 Å². The van der Waals surface area contributed by atoms with Crippen LogP contribution in [-0.4, -0.2) is 25.5 Å². The van der Waals surface area contributed by atoms with E-state index in [4.69, 9.17) is 0 Å². The third-order valence-corrected chi connectivity index (χ3v) is 5.59. The molecule has 23 heavy (non-hydrogen) atoms. The van der Waals surface area contributed by atoms with Crippen LogP contribution < -0.4 is 10.2 Å². The molecule has 2 heterocycles. The number of quaternary nitrogens is 1. The van der Waals surface area contributed by atoms with Crippen LogP contribution in [0.25, 0.3) is 0 Å². The van der Waals surface area contributed by atoms with Crippen LogP contribution in [0.3, 0.4) is 0 Å². The van der Waals surface area contributed by atoms with Crippen LogP contribution in [0.4, 0.5) is 4.39 Å². The van der Waals surface area contributed by atoms with Crippen molar-refractivity contribution >= 4 is 17.2 Å². The smallest absolute Gasteiger partial charge is 0.275 e. The average molecular weight is 333 g/mol. The summed E-state index contributed by atoms with van der Waals surface area (Å²) in [6, 6.07) is 9.25. The van der Waals surface area contributed by atoms with E-state index < -0.39 is 0 Å². The van der Waals surface area contributed by atoms with Gasteiger partial charge in [0.15, 0.2) is 6.54 Å². The Morgan fingerprint density at radius 3 is 3.04 bits per heavy atom. The first-order valence-electron chi connectivity index (χ1n) is 8.06. The van der Waals surface area contributed by atoms with Crippen molar-refractivity contribution in [1.29, 1.82) is 0 Å². The first kappa shape index (κ1) is 16.1. The highest BCUT2D eigenvalue weighted by Crippen LogP contribution is 2.24. The summed E-state index contributed by atoms with van der Waals surface area (Å²) >= 11 is 1.81. The summed E-state index contributed by atoms with van der Waals surface area (Å²) < 4.78 is 13.5. The molecule has 0 spiro atoms. The third-order valence-electron chi connectivity index (χ3n) is 4.59. The van der Waals surface area contributed by atoms with Crippen molar-refractivity contribution in [3.05, 3.63) is 57.5 Å². The van der Waals surface area contributed by atoms with Gasteiger partial charge in [0.25, 0.3) is 5.91 Å². The summed E-state index contributed by atoms with van der Waals surface area (Å²) in [5, 5.41) is 5.06. The van der Waals surface area contributed by atoms with Crippen LogP contribution in [0.15, 0.2) is 35.7 Å². The molecule has 1 aromatic carbocycles. The zero-order valence-corrected chi connectivity index (χ0v) is 14.1. The van der Waals surface area contributed by atoms with E-state index in [-0.39, 0.29) is 11.7 Å². The predicted octanol–water partition coefficient (Wildman–Crippen LogP) is 1.75. The van der Waals surface area contributed by atoms with Gasteiger partial charge in [0, 0.05) is 23.4 Å². The number of fused-ring (bicyclic) bond motifs is 1. The van der Waals surface area contributed by atoms with Crippen LogP contribution in [0.1, 0.15) is 29.0 Å². The predicted molar refractivity (Wildman–Crippen MR) is 90.2 cm³/mol. The van der Waals surface area contributed by atoms with E-state index in [1.165, 1.54) is 21.4 Å². The summed E-state index contributed by atoms with van der Waals surface area (Å²) in [4.78, 5) is 14.9. The SMILES string of the molecule is C[C@H]1c2ccsc2CC[NH+]1CC(=O)NCCc1ccccc1F. The van der Waals surface area contributed by atoms with E-state index in [1.807, 2.05) is 17.4 Å². The topological polar surface area (TPSA) is 33.5 Å². The fraction of sp³-hybridized carbons (Fsp3) is 0.389. The van der Waals surface area contributed by atoms with Gasteiger partial charge in [-0.05, 0) is 36.4 Å². The van der Waals surface area contributed by atoms with Gasteiger partial charge in [0.05, 0.1) is 6.54 Å². The highest BCUT2D eigenvalue weighted by molar-refractivity contribution is 7.10. The Kier molecular flexibility index (Phi) is 5.08. The molecule has 0 saturated heterocycles. The lowest BCUT2D eigenvalue weighted by Gasteiger charge is -2.29. The number of carbonyl (C=O) groups excluding carboxylic acids is 1. The molecule has 122 valence electrons. The average Bonchev–Trinajstić information content (AvgIpc) is 3.01. The highest BCUT2D eigenvalue weighted by Gasteiger charge is 2.29. The molecule has 0 bridgehead atoms. The van der Waals surface area contributed by atoms with Gasteiger partial charge in [-0.2, -0.15) is 0 Å². The number of halogens is 1. The molecular weight excluding hydrogens is 311 g/mol. The summed E-state index contributed by atoms with van der Waals surface area (Å²) in [7, 11) is 0. The monoisotopic (exact) mass is 333 g/mol. The number of hydrogen-bond acceptors (Lipinski definition) is 2. The maximum absolute atomic E-state index is 13.5. The number of hydrogen-bond donors (Lipinski definition) is 2. The van der Waals surface area contributed by atoms with E-state index >= 15 is 0 Å². The quantitative estimate of drug-likeness (QED) is 0.859. The minimum Gasteiger partial charge on any atom is -0.351 e. The normalized spacial score (nSPS) is 20.1. The molecule has 1 unspecified atom stereocenters. The molecule has 3 nitrogen and oxygen atoms in total. The number of benzene rings is 1. The minimum atomic E-state index is -0.206. The minimum absolute atomic E-state index is 0.0434. The van der Waals surface area contributed by atoms with Crippen LogP contribution >= 0.6 is 11.3 Å². The van der Waals surface area contributed by atoms with Gasteiger partial charge in [-0.3, -0.25) is 4.79 Å². The Morgan fingerprint density at radius 1 is 1.39 bits per heavy atom. The van der Waals surface area contributed by atoms with Gasteiger partial charge in [-0.15, -0.1) is 11.3 Å². The fourth-order valence-electron chi connectivity index (χ4n) is 3.20. The Balaban J connectivity index is 1.48. The molecular formula is C18H22FN2OS+. The Morgan fingerprint density at radius 2 is 2.22 bits per heavy atom. The maximum atomic E-state index is 13.5. The summed E-state index contributed by atoms with van der Waals surface area (Å²) in [5.41, 5.74) is 2.03. The Bertz CT molecular complexity index is 685. The second kappa shape index (κ2) is 7.23. The van der Waals surface area contributed by atoms with E-state index in [0.717, 1.165) is 13.0 Å². The molecule has 0 aliphatic carbocycles. The molecule has 1 aliphatic heterocycles. The summed E-state index contributed by atoms with van der Waals surface area (Å²) in [6.45, 7) is 4.14. The Hall–Kier alpha value is -1.72. The van der Waals surface area contributed by atoms with E-state index in [0.29, 0.717) is 31.1 Å². The van der Waals surface area contributed by atoms with Gasteiger partial charge in [0.2, 0.25) is 0 Å². The molecule has 0 saturated carbocycles. The molecule has 1 amide bonds. The molecule has 3 rings (SSSR count). The third kappa shape index (κ3) is 3.79. The molecule has 5 heteroatoms. The second-order valence-corrected chi connectivity index (χ2v) is 7.05. The molecule has 1 aliphatic rings. The van der Waals surface area contributed by atoms with Crippen LogP contribution in [0, 0.1) is 5.82 Å². The van der Waals surface area contributed by atoms with E-state index in [9.17, 15) is 9.18 Å². The standard InChI is InChI=1S/C18H21FN2OS/c1-13-15-8-11-23-17(15)7-10-21(13)12-18(22)20-9-6-14-4-2-3-5-16(14)19/h2-5,8,11,13H,6-7,9-10,12H2,1H3,(H,20,22)/p+1/t13-/m0/s1. The van der Waals surface area contributed by atoms with E-state index in [2.05, 4.69) is 23.7 Å². The molecule has 0 radical (unpaired) electrons. The molecule has 2 atom stereocenters. The summed E-state index contributed by atoms with van der Waals surface area (Å²) in [5.74, 6) is -0.163. The Labute approximate surface area is 140 Å². The fourth-order valence-corrected chi connectivity index (χ4v) is 4.18. The lowest BCUT2D eigenvalue weighted by molar-refractivity contribution is -0.924. The first-order valence-corrected chi connectivity index (χ1v) is 8.94. The largest absolute Gasteiger partial charge is 0.351 e. The molecule has 0 fully saturated rings. The number of amides is 1. The van der Waals surface area contributed by atoms with Crippen molar-refractivity contribution in [1.82, 2.24) is 5.32 Å². The van der Waals surface area contributed by atoms with Gasteiger partial charge >= 0.3 is 0 Å². The lowest BCUT2D eigenvalue weighted by Crippen LogP contribution is -3.14. The van der Waals surface area contributed by atoms with Gasteiger partial charge < -0.3 is 10.2 Å². The van der Waals surface area contributed by atoms with Gasteiger partial charge in [0.1, 0.15) is 11.9 Å². The second-order valence-electron chi connectivity index (χ2n) is 6.05. The number of nitrogens with one attached hydrogen (secondary N) is 2. The van der Waals surface area contributed by atoms with Crippen LogP contribution in [0.2, 0.25) is 0 Å². The maximum Gasteiger partial charge on any atom is 0.275 e. The van der Waals surface area contributed by atoms with E-state index in [1.54, 1.807) is 12.1 Å². The van der Waals surface area contributed by atoms with Gasteiger partial charge in [-0.25, -0.2) is 4.39 Å². The molecule has 2 N–H and O–H groups in total. The zero-order chi connectivity index (χ0) is 16.2. The number of thiophene rings is 1. The van der Waals surface area contributed by atoms with Crippen molar-refractivity contribution in [2.24, 2.45) is 0 Å². The number of rotatable bonds is 5. The lowest BCUT2D eigenvalue weighted by atomic mass is 10.0. The van der Waals surface area contributed by atoms with Crippen LogP contribution in [-0.2, 0) is 17.6 Å². The van der Waals surface area contributed by atoms with Crippen molar-refractivity contribution in [2.45, 2.75) is 25.8 Å². The van der Waals surface area contributed by atoms with Crippen molar-refractivity contribution < 1.29 is 14.1 Å². The highest BCUT2D eigenvalue weighted by atomic mass is 32.1. The summed E-state index contributed by atoms with van der Waals surface area (Å²) in [6.07, 6.45) is 1.58. The molecule has 1 aromatic heterocycles. The first-order chi connectivity index (χ1) is 11.1. The van der Waals surface area contributed by atoms with Gasteiger partial charge in [-0.1, -0.05) is 18.2 Å². The van der Waals surface area contributed by atoms with Crippen LogP contribution in [0.5, 0.6) is 0 Å². The number of carbonyl (C=O) groups is 1. The van der Waals surface area contributed by atoms with Crippen molar-refractivity contribution in [3.63, 3.8) is 0 Å². The zero-order valence-electron chi connectivity index (χ0n) is 13.3. The molecule has 2 aromatic rings. The van der Waals surface area contributed by atoms with Crippen molar-refractivity contribution in [2.75, 3.05) is 19.6 Å².